The maximum Gasteiger partial charge on any atom is 0.269 e. The van der Waals surface area contributed by atoms with Crippen molar-refractivity contribution >= 4 is 10.1 Å². The summed E-state index contributed by atoms with van der Waals surface area (Å²) < 4.78 is 30.6. The van der Waals surface area contributed by atoms with Crippen molar-refractivity contribution < 1.29 is 18.1 Å². The smallest absolute Gasteiger partial charge is 0.269 e. The third kappa shape index (κ3) is 3.89. The monoisotopic (exact) mass is 278 g/mol. The van der Waals surface area contributed by atoms with Gasteiger partial charge in [0.1, 0.15) is 5.75 Å². The van der Waals surface area contributed by atoms with Crippen LogP contribution in [0.4, 0.5) is 0 Å². The Bertz CT molecular complexity index is 677. The number of benzene rings is 2. The predicted octanol–water partition coefficient (Wildman–Crippen LogP) is 2.23. The topological polar surface area (TPSA) is 74.6 Å². The lowest BCUT2D eigenvalue weighted by molar-refractivity contribution is 0.282. The van der Waals surface area contributed by atoms with E-state index >= 15 is 0 Å². The predicted molar refractivity (Wildman–Crippen MR) is 73.1 cm³/mol. The highest BCUT2D eigenvalue weighted by Gasteiger charge is 2.07. The van der Waals surface area contributed by atoms with Crippen molar-refractivity contribution in [3.63, 3.8) is 0 Å². The summed E-state index contributed by atoms with van der Waals surface area (Å²) in [5.41, 5.74) is 3.05. The molecule has 4 nitrogen and oxygen atoms in total. The highest BCUT2D eigenvalue weighted by atomic mass is 32.2. The van der Waals surface area contributed by atoms with E-state index in [-0.39, 0.29) is 6.61 Å². The van der Waals surface area contributed by atoms with E-state index in [2.05, 4.69) is 0 Å². The van der Waals surface area contributed by atoms with Crippen molar-refractivity contribution in [2.45, 2.75) is 12.4 Å². The first-order chi connectivity index (χ1) is 8.98. The molecule has 0 atom stereocenters. The Balaban J connectivity index is 2.37. The van der Waals surface area contributed by atoms with Gasteiger partial charge in [-0.15, -0.1) is 0 Å². The second-order valence-corrected chi connectivity index (χ2v) is 5.74. The second-order valence-electron chi connectivity index (χ2n) is 4.29. The Kier molecular flexibility index (Phi) is 3.99. The molecular formula is C14H14O4S. The number of hydrogen-bond donors (Lipinski definition) is 2. The van der Waals surface area contributed by atoms with Crippen LogP contribution in [0.2, 0.25) is 0 Å². The van der Waals surface area contributed by atoms with E-state index in [1.807, 2.05) is 30.3 Å². The Morgan fingerprint density at radius 1 is 0.895 bits per heavy atom. The Hall–Kier alpha value is -1.69. The number of aliphatic hydroxyl groups is 1. The molecular weight excluding hydrogens is 264 g/mol. The van der Waals surface area contributed by atoms with E-state index in [4.69, 9.17) is 9.66 Å². The van der Waals surface area contributed by atoms with E-state index in [1.54, 1.807) is 18.2 Å². The van der Waals surface area contributed by atoms with Gasteiger partial charge >= 0.3 is 0 Å². The number of rotatable bonds is 4. The summed E-state index contributed by atoms with van der Waals surface area (Å²) in [6.45, 7) is -0.0431. The molecule has 0 aliphatic heterocycles. The third-order valence-electron chi connectivity index (χ3n) is 2.72. The fourth-order valence-electron chi connectivity index (χ4n) is 1.90. The van der Waals surface area contributed by atoms with Gasteiger partial charge in [-0.25, -0.2) is 0 Å². The van der Waals surface area contributed by atoms with Gasteiger partial charge in [-0.1, -0.05) is 42.5 Å². The van der Waals surface area contributed by atoms with Crippen LogP contribution in [-0.2, 0) is 22.5 Å². The van der Waals surface area contributed by atoms with Crippen molar-refractivity contribution in [1.82, 2.24) is 0 Å². The molecule has 2 N–H and O–H groups in total. The summed E-state index contributed by atoms with van der Waals surface area (Å²) in [4.78, 5) is 0. The Labute approximate surface area is 112 Å². The van der Waals surface area contributed by atoms with Crippen LogP contribution in [0.3, 0.4) is 0 Å². The van der Waals surface area contributed by atoms with Gasteiger partial charge in [-0.3, -0.25) is 4.55 Å². The molecule has 100 valence electrons. The van der Waals surface area contributed by atoms with Gasteiger partial charge < -0.3 is 5.11 Å². The van der Waals surface area contributed by atoms with Gasteiger partial charge in [0.15, 0.2) is 0 Å². The largest absolute Gasteiger partial charge is 0.392 e. The zero-order valence-electron chi connectivity index (χ0n) is 10.2. The first-order valence-corrected chi connectivity index (χ1v) is 7.33. The molecule has 0 spiro atoms. The molecule has 0 aliphatic rings. The molecule has 0 radical (unpaired) electrons. The lowest BCUT2D eigenvalue weighted by atomic mass is 10.0. The van der Waals surface area contributed by atoms with Gasteiger partial charge in [0.2, 0.25) is 0 Å². The fourth-order valence-corrected chi connectivity index (χ4v) is 2.50. The van der Waals surface area contributed by atoms with Gasteiger partial charge in [0, 0.05) is 0 Å². The Morgan fingerprint density at radius 3 is 1.95 bits per heavy atom. The Morgan fingerprint density at radius 2 is 1.42 bits per heavy atom. The van der Waals surface area contributed by atoms with Gasteiger partial charge in [0.25, 0.3) is 10.1 Å². The molecule has 2 aromatic carbocycles. The molecule has 0 fully saturated rings. The van der Waals surface area contributed by atoms with E-state index in [0.717, 1.165) is 16.7 Å². The van der Waals surface area contributed by atoms with Crippen LogP contribution in [0, 0.1) is 0 Å². The average molecular weight is 278 g/mol. The fraction of sp³-hybridized carbons (Fsp3) is 0.143. The van der Waals surface area contributed by atoms with Crippen molar-refractivity contribution in [3.8, 4) is 11.1 Å². The zero-order chi connectivity index (χ0) is 13.9. The highest BCUT2D eigenvalue weighted by molar-refractivity contribution is 7.85. The average Bonchev–Trinajstić information content (AvgIpc) is 2.37. The second kappa shape index (κ2) is 5.52. The molecule has 0 aromatic heterocycles. The molecule has 0 unspecified atom stereocenters. The van der Waals surface area contributed by atoms with Crippen LogP contribution >= 0.6 is 0 Å². The van der Waals surface area contributed by atoms with E-state index in [1.165, 1.54) is 0 Å². The highest BCUT2D eigenvalue weighted by Crippen LogP contribution is 2.22. The standard InChI is InChI=1S/C14H14O4S/c15-9-11-3-1-5-13(7-11)14-6-2-4-12(8-14)10-19(16,17)18/h1-8,15H,9-10H2,(H,16,17,18). The van der Waals surface area contributed by atoms with Crippen LogP contribution in [0.1, 0.15) is 11.1 Å². The van der Waals surface area contributed by atoms with Crippen LogP contribution in [0.15, 0.2) is 48.5 Å². The molecule has 0 bridgehead atoms. The van der Waals surface area contributed by atoms with E-state index in [0.29, 0.717) is 5.56 Å². The quantitative estimate of drug-likeness (QED) is 0.841. The summed E-state index contributed by atoms with van der Waals surface area (Å²) in [6, 6.07) is 14.3. The first-order valence-electron chi connectivity index (χ1n) is 5.72. The molecule has 5 heteroatoms. The van der Waals surface area contributed by atoms with Crippen molar-refractivity contribution in [3.05, 3.63) is 59.7 Å². The third-order valence-corrected chi connectivity index (χ3v) is 3.42. The maximum absolute atomic E-state index is 10.9. The van der Waals surface area contributed by atoms with Gasteiger partial charge in [-0.05, 0) is 28.3 Å². The normalized spacial score (nSPS) is 11.5. The molecule has 0 amide bonds. The molecule has 0 saturated heterocycles. The van der Waals surface area contributed by atoms with Gasteiger partial charge in [0.05, 0.1) is 6.61 Å². The first kappa shape index (κ1) is 13.7. The molecule has 2 aromatic rings. The van der Waals surface area contributed by atoms with Crippen LogP contribution in [-0.4, -0.2) is 18.1 Å². The summed E-state index contributed by atoms with van der Waals surface area (Å²) in [5.74, 6) is -0.402. The molecule has 0 saturated carbocycles. The summed E-state index contributed by atoms with van der Waals surface area (Å²) in [5, 5.41) is 9.10. The van der Waals surface area contributed by atoms with Crippen molar-refractivity contribution in [2.75, 3.05) is 0 Å². The van der Waals surface area contributed by atoms with E-state index < -0.39 is 15.9 Å². The number of aliphatic hydroxyl groups excluding tert-OH is 1. The maximum atomic E-state index is 10.9. The summed E-state index contributed by atoms with van der Waals surface area (Å²) in [7, 11) is -4.03. The molecule has 19 heavy (non-hydrogen) atoms. The van der Waals surface area contributed by atoms with Crippen LogP contribution < -0.4 is 0 Å². The zero-order valence-corrected chi connectivity index (χ0v) is 11.0. The van der Waals surface area contributed by atoms with E-state index in [9.17, 15) is 8.42 Å². The van der Waals surface area contributed by atoms with Crippen molar-refractivity contribution in [2.24, 2.45) is 0 Å². The number of hydrogen-bond acceptors (Lipinski definition) is 3. The minimum absolute atomic E-state index is 0.0431. The van der Waals surface area contributed by atoms with Gasteiger partial charge in [-0.2, -0.15) is 8.42 Å². The minimum Gasteiger partial charge on any atom is -0.392 e. The molecule has 0 heterocycles. The minimum atomic E-state index is -4.03. The lowest BCUT2D eigenvalue weighted by Gasteiger charge is -2.06. The summed E-state index contributed by atoms with van der Waals surface area (Å²) in [6.07, 6.45) is 0. The SMILES string of the molecule is O=S(=O)(O)Cc1cccc(-c2cccc(CO)c2)c1. The summed E-state index contributed by atoms with van der Waals surface area (Å²) >= 11 is 0. The van der Waals surface area contributed by atoms with Crippen LogP contribution in [0.5, 0.6) is 0 Å². The molecule has 2 rings (SSSR count). The van der Waals surface area contributed by atoms with Crippen LogP contribution in [0.25, 0.3) is 11.1 Å². The lowest BCUT2D eigenvalue weighted by Crippen LogP contribution is -2.01. The van der Waals surface area contributed by atoms with Crippen molar-refractivity contribution in [1.29, 1.82) is 0 Å². The molecule has 0 aliphatic carbocycles.